The average molecular weight is 495 g/mol. The fourth-order valence-corrected chi connectivity index (χ4v) is 3.99. The van der Waals surface area contributed by atoms with Gasteiger partial charge in [-0.1, -0.05) is 38.1 Å². The first-order valence-corrected chi connectivity index (χ1v) is 12.0. The number of anilines is 1. The van der Waals surface area contributed by atoms with E-state index < -0.39 is 17.7 Å². The predicted molar refractivity (Wildman–Crippen MR) is 141 cm³/mol. The number of benzene rings is 2. The maximum Gasteiger partial charge on any atom is 0.136 e. The smallest absolute Gasteiger partial charge is 0.136 e. The standard InChI is InChI=1S/C26H26F2N4O2.C2H6/c1-4-7-29-24(16(2)3)26(33)17-5-6-20(27)19(12-17)25-23-21(28)13-18(14-22(23)30-15-31-25)32-8-10-34-11-9-32;1-2/h4-7,12-15,26,33H,1,8-11H2,2-3H3;1-2H3. The molecule has 1 unspecified atom stereocenters. The Morgan fingerprint density at radius 2 is 1.83 bits per heavy atom. The molecule has 1 aliphatic rings. The van der Waals surface area contributed by atoms with Crippen LogP contribution in [0, 0.1) is 11.6 Å². The highest BCUT2D eigenvalue weighted by Gasteiger charge is 2.21. The third-order valence-electron chi connectivity index (χ3n) is 5.70. The van der Waals surface area contributed by atoms with Crippen LogP contribution in [0.2, 0.25) is 0 Å². The molecule has 0 aliphatic carbocycles. The molecule has 4 rings (SSSR count). The number of fused-ring (bicyclic) bond motifs is 1. The number of rotatable bonds is 6. The zero-order chi connectivity index (χ0) is 26.2. The summed E-state index contributed by atoms with van der Waals surface area (Å²) in [5.74, 6) is -1.12. The Hall–Kier alpha value is -3.49. The highest BCUT2D eigenvalue weighted by atomic mass is 19.1. The van der Waals surface area contributed by atoms with E-state index in [2.05, 4.69) is 21.5 Å². The summed E-state index contributed by atoms with van der Waals surface area (Å²) in [5.41, 5.74) is 2.88. The summed E-state index contributed by atoms with van der Waals surface area (Å²) in [6.07, 6.45) is 3.17. The van der Waals surface area contributed by atoms with E-state index in [1.165, 1.54) is 42.9 Å². The molecule has 2 heterocycles. The van der Waals surface area contributed by atoms with Gasteiger partial charge in [0, 0.05) is 30.6 Å². The van der Waals surface area contributed by atoms with E-state index >= 15 is 4.39 Å². The van der Waals surface area contributed by atoms with E-state index in [4.69, 9.17) is 4.74 Å². The highest BCUT2D eigenvalue weighted by Crippen LogP contribution is 2.35. The van der Waals surface area contributed by atoms with Gasteiger partial charge >= 0.3 is 0 Å². The van der Waals surface area contributed by atoms with Crippen molar-refractivity contribution in [2.45, 2.75) is 33.8 Å². The fraction of sp³-hybridized carbons (Fsp3) is 0.321. The van der Waals surface area contributed by atoms with Crippen molar-refractivity contribution in [1.29, 1.82) is 0 Å². The van der Waals surface area contributed by atoms with Crippen LogP contribution >= 0.6 is 0 Å². The lowest BCUT2D eigenvalue weighted by Gasteiger charge is -2.29. The normalized spacial score (nSPS) is 14.4. The van der Waals surface area contributed by atoms with Gasteiger partial charge < -0.3 is 14.7 Å². The number of aromatic nitrogens is 2. The topological polar surface area (TPSA) is 70.8 Å². The Morgan fingerprint density at radius 1 is 1.11 bits per heavy atom. The van der Waals surface area contributed by atoms with Crippen molar-refractivity contribution < 1.29 is 18.6 Å². The predicted octanol–water partition coefficient (Wildman–Crippen LogP) is 6.02. The number of aliphatic hydroxyl groups is 1. The Bertz CT molecular complexity index is 1280. The number of ether oxygens (including phenoxy) is 1. The first kappa shape index (κ1) is 27.1. The quantitative estimate of drug-likeness (QED) is 0.424. The first-order valence-electron chi connectivity index (χ1n) is 12.0. The summed E-state index contributed by atoms with van der Waals surface area (Å²) in [6.45, 7) is 13.7. The van der Waals surface area contributed by atoms with E-state index in [0.717, 1.165) is 5.57 Å². The van der Waals surface area contributed by atoms with E-state index in [1.54, 1.807) is 6.07 Å². The Labute approximate surface area is 210 Å². The molecule has 1 N–H and O–H groups in total. The molecular weight excluding hydrogens is 462 g/mol. The van der Waals surface area contributed by atoms with Crippen LogP contribution in [0.1, 0.15) is 39.4 Å². The van der Waals surface area contributed by atoms with Crippen LogP contribution in [-0.4, -0.2) is 47.6 Å². The highest BCUT2D eigenvalue weighted by molar-refractivity contribution is 5.94. The molecular formula is C28H32F2N4O2. The maximum atomic E-state index is 15.4. The Balaban J connectivity index is 0.00000176. The van der Waals surface area contributed by atoms with Gasteiger partial charge in [0.05, 0.1) is 35.5 Å². The molecule has 2 aromatic carbocycles. The lowest BCUT2D eigenvalue weighted by atomic mass is 9.98. The molecule has 1 fully saturated rings. The minimum absolute atomic E-state index is 0.0720. The summed E-state index contributed by atoms with van der Waals surface area (Å²) in [7, 11) is 0. The monoisotopic (exact) mass is 494 g/mol. The zero-order valence-corrected chi connectivity index (χ0v) is 21.1. The van der Waals surface area contributed by atoms with Crippen molar-refractivity contribution in [3.8, 4) is 11.3 Å². The van der Waals surface area contributed by atoms with Crippen LogP contribution in [0.4, 0.5) is 14.5 Å². The van der Waals surface area contributed by atoms with Gasteiger partial charge in [-0.2, -0.15) is 0 Å². The van der Waals surface area contributed by atoms with Crippen LogP contribution in [-0.2, 0) is 4.74 Å². The van der Waals surface area contributed by atoms with Gasteiger partial charge in [-0.3, -0.25) is 4.99 Å². The summed E-state index contributed by atoms with van der Waals surface area (Å²) in [4.78, 5) is 14.7. The number of morpholine rings is 1. The lowest BCUT2D eigenvalue weighted by Crippen LogP contribution is -2.36. The average Bonchev–Trinajstić information content (AvgIpc) is 2.90. The Kier molecular flexibility index (Phi) is 9.38. The first-order chi connectivity index (χ1) is 17.4. The maximum absolute atomic E-state index is 15.4. The van der Waals surface area contributed by atoms with Crippen molar-refractivity contribution in [3.05, 3.63) is 77.8 Å². The number of allylic oxidation sites excluding steroid dienone is 2. The van der Waals surface area contributed by atoms with E-state index in [-0.39, 0.29) is 16.6 Å². The van der Waals surface area contributed by atoms with Crippen molar-refractivity contribution in [3.63, 3.8) is 0 Å². The van der Waals surface area contributed by atoms with Gasteiger partial charge in [-0.15, -0.1) is 0 Å². The molecule has 0 radical (unpaired) electrons. The van der Waals surface area contributed by atoms with E-state index in [1.807, 2.05) is 32.6 Å². The summed E-state index contributed by atoms with van der Waals surface area (Å²) in [5, 5.41) is 11.1. The SMILES string of the molecule is C=CC=NC(=C(C)C)C(O)c1ccc(F)c(-c2ncnc3cc(N4CCOCC4)cc(F)c23)c1.CC. The van der Waals surface area contributed by atoms with Crippen molar-refractivity contribution in [2.75, 3.05) is 31.2 Å². The van der Waals surface area contributed by atoms with Crippen LogP contribution < -0.4 is 4.90 Å². The second-order valence-corrected chi connectivity index (χ2v) is 8.18. The van der Waals surface area contributed by atoms with E-state index in [9.17, 15) is 9.50 Å². The molecule has 0 amide bonds. The molecule has 1 aliphatic heterocycles. The molecule has 0 bridgehead atoms. The molecule has 3 aromatic rings. The molecule has 190 valence electrons. The van der Waals surface area contributed by atoms with Crippen LogP contribution in [0.25, 0.3) is 22.2 Å². The molecule has 1 aromatic heterocycles. The number of aliphatic imine (C=N–C) groups is 1. The zero-order valence-electron chi connectivity index (χ0n) is 21.1. The second kappa shape index (κ2) is 12.5. The second-order valence-electron chi connectivity index (χ2n) is 8.18. The minimum Gasteiger partial charge on any atom is -0.382 e. The van der Waals surface area contributed by atoms with Crippen LogP contribution in [0.3, 0.4) is 0 Å². The minimum atomic E-state index is -1.11. The lowest BCUT2D eigenvalue weighted by molar-refractivity contribution is 0.122. The molecule has 8 heteroatoms. The van der Waals surface area contributed by atoms with Crippen molar-refractivity contribution in [1.82, 2.24) is 9.97 Å². The van der Waals surface area contributed by atoms with Crippen molar-refractivity contribution in [2.24, 2.45) is 4.99 Å². The molecule has 0 saturated carbocycles. The van der Waals surface area contributed by atoms with E-state index in [0.29, 0.717) is 48.8 Å². The van der Waals surface area contributed by atoms with Gasteiger partial charge in [0.2, 0.25) is 0 Å². The van der Waals surface area contributed by atoms with Crippen LogP contribution in [0.15, 0.2) is 65.6 Å². The van der Waals surface area contributed by atoms with Crippen LogP contribution in [0.5, 0.6) is 0 Å². The third kappa shape index (κ3) is 5.83. The number of hydrogen-bond donors (Lipinski definition) is 1. The molecule has 1 atom stereocenters. The Morgan fingerprint density at radius 3 is 2.50 bits per heavy atom. The molecule has 0 spiro atoms. The van der Waals surface area contributed by atoms with Gasteiger partial charge in [0.1, 0.15) is 24.1 Å². The number of halogens is 2. The number of hydrogen-bond acceptors (Lipinski definition) is 6. The van der Waals surface area contributed by atoms with Gasteiger partial charge in [0.15, 0.2) is 0 Å². The van der Waals surface area contributed by atoms with Gasteiger partial charge in [0.25, 0.3) is 0 Å². The van der Waals surface area contributed by atoms with Gasteiger partial charge in [-0.25, -0.2) is 18.7 Å². The number of aliphatic hydroxyl groups excluding tert-OH is 1. The number of nitrogens with zero attached hydrogens (tertiary/aromatic N) is 4. The van der Waals surface area contributed by atoms with Gasteiger partial charge in [-0.05, 0) is 43.7 Å². The largest absolute Gasteiger partial charge is 0.382 e. The molecule has 1 saturated heterocycles. The van der Waals surface area contributed by atoms with Crippen molar-refractivity contribution >= 4 is 22.8 Å². The molecule has 6 nitrogen and oxygen atoms in total. The summed E-state index contributed by atoms with van der Waals surface area (Å²) in [6, 6.07) is 7.39. The molecule has 36 heavy (non-hydrogen) atoms. The summed E-state index contributed by atoms with van der Waals surface area (Å²) < 4.78 is 35.7. The third-order valence-corrected chi connectivity index (χ3v) is 5.70. The fourth-order valence-electron chi connectivity index (χ4n) is 3.99. The summed E-state index contributed by atoms with van der Waals surface area (Å²) >= 11 is 0.